The second kappa shape index (κ2) is 7.31. The Morgan fingerprint density at radius 1 is 1.07 bits per heavy atom. The van der Waals surface area contributed by atoms with Gasteiger partial charge < -0.3 is 14.0 Å². The lowest BCUT2D eigenvalue weighted by Gasteiger charge is -2.27. The maximum atomic E-state index is 13.2. The average Bonchev–Trinajstić information content (AvgIpc) is 3.46. The average molecular weight is 384 g/mol. The number of likely N-dealkylation sites (tertiary alicyclic amines) is 1. The van der Waals surface area contributed by atoms with Crippen molar-refractivity contribution in [3.8, 4) is 0 Å². The van der Waals surface area contributed by atoms with Crippen LogP contribution in [-0.2, 0) is 13.1 Å². The van der Waals surface area contributed by atoms with Crippen molar-refractivity contribution in [2.45, 2.75) is 70.0 Å². The lowest BCUT2D eigenvalue weighted by Crippen LogP contribution is -2.35. The van der Waals surface area contributed by atoms with E-state index in [0.29, 0.717) is 11.7 Å². The van der Waals surface area contributed by atoms with Crippen molar-refractivity contribution >= 4 is 5.91 Å². The van der Waals surface area contributed by atoms with Gasteiger partial charge in [0.2, 0.25) is 5.76 Å². The maximum absolute atomic E-state index is 13.2. The largest absolute Gasteiger partial charge is 0.351 e. The van der Waals surface area contributed by atoms with Gasteiger partial charge in [-0.3, -0.25) is 9.69 Å². The molecule has 28 heavy (non-hydrogen) atoms. The fourth-order valence-corrected chi connectivity index (χ4v) is 4.95. The van der Waals surface area contributed by atoms with Crippen molar-refractivity contribution < 1.29 is 9.32 Å². The molecule has 0 radical (unpaired) electrons. The predicted octanol–water partition coefficient (Wildman–Crippen LogP) is 2.74. The van der Waals surface area contributed by atoms with Crippen LogP contribution in [0.5, 0.6) is 0 Å². The van der Waals surface area contributed by atoms with Crippen LogP contribution in [0.3, 0.4) is 0 Å². The van der Waals surface area contributed by atoms with Crippen molar-refractivity contribution in [2.75, 3.05) is 20.1 Å². The Hall–Kier alpha value is -2.22. The number of rotatable bonds is 3. The number of fused-ring (bicyclic) bond motifs is 1. The molecule has 4 heterocycles. The Labute approximate surface area is 164 Å². The van der Waals surface area contributed by atoms with E-state index in [9.17, 15) is 4.79 Å². The molecule has 1 unspecified atom stereocenters. The van der Waals surface area contributed by atoms with Crippen molar-refractivity contribution in [3.05, 3.63) is 29.2 Å². The SMILES string of the molecule is CN1CCn2c(nnc2C2CCCN2C(=O)c2cc(C3CCCCC3)no2)C1. The van der Waals surface area contributed by atoms with Crippen molar-refractivity contribution in [3.63, 3.8) is 0 Å². The van der Waals surface area contributed by atoms with Gasteiger partial charge in [0.05, 0.1) is 18.3 Å². The Kier molecular flexibility index (Phi) is 4.66. The highest BCUT2D eigenvalue weighted by Crippen LogP contribution is 2.35. The van der Waals surface area contributed by atoms with Crippen LogP contribution in [-0.4, -0.2) is 55.8 Å². The van der Waals surface area contributed by atoms with Crippen LogP contribution in [0.25, 0.3) is 0 Å². The molecule has 1 saturated carbocycles. The van der Waals surface area contributed by atoms with E-state index >= 15 is 0 Å². The third-order valence-electron chi connectivity index (χ3n) is 6.55. The quantitative estimate of drug-likeness (QED) is 0.809. The third kappa shape index (κ3) is 3.13. The second-order valence-electron chi connectivity index (χ2n) is 8.47. The molecule has 8 nitrogen and oxygen atoms in total. The van der Waals surface area contributed by atoms with Gasteiger partial charge in [-0.15, -0.1) is 10.2 Å². The lowest BCUT2D eigenvalue weighted by atomic mass is 9.87. The number of likely N-dealkylation sites (N-methyl/N-ethyl adjacent to an activating group) is 1. The standard InChI is InChI=1S/C20H28N6O2/c1-24-10-11-26-18(13-24)21-22-19(26)16-8-5-9-25(16)20(27)17-12-15(23-28-17)14-6-3-2-4-7-14/h12,14,16H,2-11,13H2,1H3. The highest BCUT2D eigenvalue weighted by atomic mass is 16.5. The zero-order chi connectivity index (χ0) is 19.1. The summed E-state index contributed by atoms with van der Waals surface area (Å²) in [5.41, 5.74) is 0.946. The summed E-state index contributed by atoms with van der Waals surface area (Å²) in [6.45, 7) is 3.39. The van der Waals surface area contributed by atoms with E-state index in [4.69, 9.17) is 4.52 Å². The molecule has 1 atom stereocenters. The first-order chi connectivity index (χ1) is 13.7. The molecule has 150 valence electrons. The zero-order valence-electron chi connectivity index (χ0n) is 16.5. The van der Waals surface area contributed by atoms with E-state index < -0.39 is 0 Å². The van der Waals surface area contributed by atoms with E-state index in [0.717, 1.165) is 69.2 Å². The molecular weight excluding hydrogens is 356 g/mol. The first-order valence-electron chi connectivity index (χ1n) is 10.6. The highest BCUT2D eigenvalue weighted by molar-refractivity contribution is 5.92. The van der Waals surface area contributed by atoms with Gasteiger partial charge in [-0.25, -0.2) is 0 Å². The summed E-state index contributed by atoms with van der Waals surface area (Å²) in [5.74, 6) is 2.64. The van der Waals surface area contributed by atoms with Crippen molar-refractivity contribution in [1.29, 1.82) is 0 Å². The number of nitrogens with zero attached hydrogens (tertiary/aromatic N) is 6. The molecule has 2 aromatic rings. The van der Waals surface area contributed by atoms with Crippen LogP contribution in [0, 0.1) is 0 Å². The minimum atomic E-state index is -0.0673. The number of carbonyl (C=O) groups excluding carboxylic acids is 1. The van der Waals surface area contributed by atoms with Gasteiger partial charge in [0.25, 0.3) is 5.91 Å². The van der Waals surface area contributed by atoms with E-state index in [1.807, 2.05) is 11.0 Å². The molecule has 0 aromatic carbocycles. The first kappa shape index (κ1) is 17.8. The van der Waals surface area contributed by atoms with Crippen molar-refractivity contribution in [2.24, 2.45) is 0 Å². The molecule has 5 rings (SSSR count). The van der Waals surface area contributed by atoms with E-state index in [1.54, 1.807) is 0 Å². The van der Waals surface area contributed by atoms with Gasteiger partial charge in [0, 0.05) is 31.6 Å². The van der Waals surface area contributed by atoms with Crippen LogP contribution < -0.4 is 0 Å². The fraction of sp³-hybridized carbons (Fsp3) is 0.700. The number of aromatic nitrogens is 4. The van der Waals surface area contributed by atoms with E-state index in [-0.39, 0.29) is 11.9 Å². The van der Waals surface area contributed by atoms with Gasteiger partial charge in [-0.05, 0) is 32.7 Å². The number of hydrogen-bond donors (Lipinski definition) is 0. The normalized spacial score (nSPS) is 23.9. The van der Waals surface area contributed by atoms with Crippen LogP contribution >= 0.6 is 0 Å². The Morgan fingerprint density at radius 2 is 1.93 bits per heavy atom. The molecule has 3 aliphatic rings. The van der Waals surface area contributed by atoms with Gasteiger partial charge in [-0.2, -0.15) is 0 Å². The summed E-state index contributed by atoms with van der Waals surface area (Å²) in [5, 5.41) is 13.1. The number of hydrogen-bond acceptors (Lipinski definition) is 6. The molecule has 1 aliphatic carbocycles. The van der Waals surface area contributed by atoms with Gasteiger partial charge >= 0.3 is 0 Å². The van der Waals surface area contributed by atoms with Gasteiger partial charge in [0.15, 0.2) is 5.82 Å². The second-order valence-corrected chi connectivity index (χ2v) is 8.47. The summed E-state index contributed by atoms with van der Waals surface area (Å²) in [4.78, 5) is 17.3. The zero-order valence-corrected chi connectivity index (χ0v) is 16.5. The van der Waals surface area contributed by atoms with E-state index in [2.05, 4.69) is 31.9 Å². The summed E-state index contributed by atoms with van der Waals surface area (Å²) < 4.78 is 7.69. The Bertz CT molecular complexity index is 853. The molecule has 1 saturated heterocycles. The maximum Gasteiger partial charge on any atom is 0.293 e. The van der Waals surface area contributed by atoms with Crippen LogP contribution in [0.2, 0.25) is 0 Å². The van der Waals surface area contributed by atoms with Crippen molar-refractivity contribution in [1.82, 2.24) is 29.7 Å². The molecule has 0 bridgehead atoms. The minimum absolute atomic E-state index is 0.0274. The summed E-state index contributed by atoms with van der Waals surface area (Å²) >= 11 is 0. The third-order valence-corrected chi connectivity index (χ3v) is 6.55. The summed E-state index contributed by atoms with van der Waals surface area (Å²) in [7, 11) is 2.09. The number of carbonyl (C=O) groups is 1. The summed E-state index contributed by atoms with van der Waals surface area (Å²) in [6.07, 6.45) is 7.96. The van der Waals surface area contributed by atoms with Gasteiger partial charge in [0.1, 0.15) is 5.82 Å². The molecule has 2 aromatic heterocycles. The number of amides is 1. The molecular formula is C20H28N6O2. The summed E-state index contributed by atoms with van der Waals surface area (Å²) in [6, 6.07) is 1.85. The fourth-order valence-electron chi connectivity index (χ4n) is 4.95. The predicted molar refractivity (Wildman–Crippen MR) is 102 cm³/mol. The van der Waals surface area contributed by atoms with Crippen LogP contribution in [0.15, 0.2) is 10.6 Å². The molecule has 8 heteroatoms. The topological polar surface area (TPSA) is 80.3 Å². The van der Waals surface area contributed by atoms with Crippen LogP contribution in [0.1, 0.15) is 84.8 Å². The van der Waals surface area contributed by atoms with Gasteiger partial charge in [-0.1, -0.05) is 24.4 Å². The Morgan fingerprint density at radius 3 is 2.79 bits per heavy atom. The molecule has 0 N–H and O–H groups in total. The van der Waals surface area contributed by atoms with E-state index in [1.165, 1.54) is 19.3 Å². The van der Waals surface area contributed by atoms with Crippen LogP contribution in [0.4, 0.5) is 0 Å². The molecule has 0 spiro atoms. The molecule has 1 amide bonds. The monoisotopic (exact) mass is 384 g/mol. The lowest BCUT2D eigenvalue weighted by molar-refractivity contribution is 0.0683. The minimum Gasteiger partial charge on any atom is -0.351 e. The Balaban J connectivity index is 1.36. The molecule has 2 aliphatic heterocycles. The smallest absolute Gasteiger partial charge is 0.293 e. The molecule has 2 fully saturated rings. The highest BCUT2D eigenvalue weighted by Gasteiger charge is 2.37. The first-order valence-corrected chi connectivity index (χ1v) is 10.6.